The first-order valence-corrected chi connectivity index (χ1v) is 6.48. The molecule has 2 N–H and O–H groups in total. The molecule has 1 aliphatic heterocycles. The molecular formula is C12H26N2O2. The third-order valence-electron chi connectivity index (χ3n) is 3.19. The van der Waals surface area contributed by atoms with E-state index in [1.54, 1.807) is 0 Å². The normalized spacial score (nSPS) is 24.6. The first kappa shape index (κ1) is 13.9. The van der Waals surface area contributed by atoms with Crippen LogP contribution in [0.4, 0.5) is 0 Å². The molecule has 2 unspecified atom stereocenters. The van der Waals surface area contributed by atoms with Crippen molar-refractivity contribution in [3.8, 4) is 0 Å². The molecule has 4 nitrogen and oxygen atoms in total. The standard InChI is InChI=1S/C12H26N2O2/c1-3-12-9-14(7-8-16-12)6-5-11(10-15)13-4-2/h11-13,15H,3-10H2,1-2H3. The SMILES string of the molecule is CCNC(CO)CCN1CCOC(CC)C1. The predicted octanol–water partition coefficient (Wildman–Crippen LogP) is 0.458. The Morgan fingerprint density at radius 3 is 2.94 bits per heavy atom. The van der Waals surface area contributed by atoms with Crippen molar-refractivity contribution in [3.63, 3.8) is 0 Å². The van der Waals surface area contributed by atoms with Crippen molar-refractivity contribution in [2.45, 2.75) is 38.8 Å². The largest absolute Gasteiger partial charge is 0.395 e. The Kier molecular flexibility index (Phi) is 6.96. The molecule has 0 spiro atoms. The van der Waals surface area contributed by atoms with Gasteiger partial charge in [0.15, 0.2) is 0 Å². The van der Waals surface area contributed by atoms with Crippen LogP contribution in [0.25, 0.3) is 0 Å². The topological polar surface area (TPSA) is 44.7 Å². The molecule has 1 heterocycles. The van der Waals surface area contributed by atoms with Crippen molar-refractivity contribution in [2.24, 2.45) is 0 Å². The highest BCUT2D eigenvalue weighted by atomic mass is 16.5. The average molecular weight is 230 g/mol. The van der Waals surface area contributed by atoms with E-state index in [9.17, 15) is 5.11 Å². The molecule has 0 aliphatic carbocycles. The van der Waals surface area contributed by atoms with Gasteiger partial charge in [-0.15, -0.1) is 0 Å². The fourth-order valence-corrected chi connectivity index (χ4v) is 2.12. The average Bonchev–Trinajstić information content (AvgIpc) is 2.34. The first-order chi connectivity index (χ1) is 7.80. The van der Waals surface area contributed by atoms with Crippen molar-refractivity contribution in [3.05, 3.63) is 0 Å². The Hall–Kier alpha value is -0.160. The maximum atomic E-state index is 9.18. The minimum Gasteiger partial charge on any atom is -0.395 e. The van der Waals surface area contributed by atoms with E-state index in [0.717, 1.165) is 45.6 Å². The highest BCUT2D eigenvalue weighted by Crippen LogP contribution is 2.09. The molecule has 1 aliphatic rings. The van der Waals surface area contributed by atoms with Crippen LogP contribution in [0.3, 0.4) is 0 Å². The van der Waals surface area contributed by atoms with Crippen molar-refractivity contribution in [2.75, 3.05) is 39.4 Å². The number of ether oxygens (including phenoxy) is 1. The molecule has 0 aromatic rings. The van der Waals surface area contributed by atoms with E-state index < -0.39 is 0 Å². The number of likely N-dealkylation sites (N-methyl/N-ethyl adjacent to an activating group) is 1. The summed E-state index contributed by atoms with van der Waals surface area (Å²) in [7, 11) is 0. The molecule has 0 saturated carbocycles. The molecule has 96 valence electrons. The summed E-state index contributed by atoms with van der Waals surface area (Å²) in [4.78, 5) is 2.44. The number of aliphatic hydroxyl groups excluding tert-OH is 1. The number of hydrogen-bond donors (Lipinski definition) is 2. The summed E-state index contributed by atoms with van der Waals surface area (Å²) in [6.07, 6.45) is 2.51. The van der Waals surface area contributed by atoms with Crippen LogP contribution in [-0.2, 0) is 4.74 Å². The number of aliphatic hydroxyl groups is 1. The van der Waals surface area contributed by atoms with Crippen LogP contribution in [0, 0.1) is 0 Å². The molecule has 1 fully saturated rings. The summed E-state index contributed by atoms with van der Waals surface area (Å²) in [6, 6.07) is 0.243. The lowest BCUT2D eigenvalue weighted by molar-refractivity contribution is -0.0308. The third kappa shape index (κ3) is 4.78. The van der Waals surface area contributed by atoms with Gasteiger partial charge >= 0.3 is 0 Å². The number of hydrogen-bond acceptors (Lipinski definition) is 4. The van der Waals surface area contributed by atoms with E-state index in [0.29, 0.717) is 6.10 Å². The third-order valence-corrected chi connectivity index (χ3v) is 3.19. The molecule has 0 aromatic carbocycles. The Balaban J connectivity index is 2.20. The molecule has 16 heavy (non-hydrogen) atoms. The van der Waals surface area contributed by atoms with Gasteiger partial charge in [0.1, 0.15) is 0 Å². The number of nitrogens with one attached hydrogen (secondary N) is 1. The van der Waals surface area contributed by atoms with Gasteiger partial charge in [0.25, 0.3) is 0 Å². The Morgan fingerprint density at radius 1 is 1.50 bits per heavy atom. The van der Waals surface area contributed by atoms with Gasteiger partial charge in [-0.05, 0) is 25.9 Å². The minimum absolute atomic E-state index is 0.232. The molecule has 0 amide bonds. The van der Waals surface area contributed by atoms with Gasteiger partial charge in [-0.1, -0.05) is 13.8 Å². The van der Waals surface area contributed by atoms with Crippen LogP contribution in [0.15, 0.2) is 0 Å². The van der Waals surface area contributed by atoms with Gasteiger partial charge in [-0.2, -0.15) is 0 Å². The van der Waals surface area contributed by atoms with Crippen LogP contribution >= 0.6 is 0 Å². The van der Waals surface area contributed by atoms with E-state index in [1.807, 2.05) is 0 Å². The summed E-state index contributed by atoms with van der Waals surface area (Å²) in [5.74, 6) is 0. The smallest absolute Gasteiger partial charge is 0.0700 e. The van der Waals surface area contributed by atoms with Crippen LogP contribution in [0.1, 0.15) is 26.7 Å². The number of nitrogens with zero attached hydrogens (tertiary/aromatic N) is 1. The molecule has 0 bridgehead atoms. The molecular weight excluding hydrogens is 204 g/mol. The van der Waals surface area contributed by atoms with E-state index >= 15 is 0 Å². The maximum Gasteiger partial charge on any atom is 0.0700 e. The fourth-order valence-electron chi connectivity index (χ4n) is 2.12. The summed E-state index contributed by atoms with van der Waals surface area (Å²) < 4.78 is 5.63. The van der Waals surface area contributed by atoms with Gasteiger partial charge in [0.05, 0.1) is 19.3 Å². The van der Waals surface area contributed by atoms with Gasteiger partial charge in [0, 0.05) is 19.1 Å². The van der Waals surface area contributed by atoms with Crippen LogP contribution in [0.5, 0.6) is 0 Å². The lowest BCUT2D eigenvalue weighted by atomic mass is 10.1. The number of morpholine rings is 1. The predicted molar refractivity (Wildman–Crippen MR) is 65.6 cm³/mol. The monoisotopic (exact) mass is 230 g/mol. The van der Waals surface area contributed by atoms with Gasteiger partial charge in [-0.25, -0.2) is 0 Å². The zero-order valence-corrected chi connectivity index (χ0v) is 10.6. The van der Waals surface area contributed by atoms with Gasteiger partial charge in [0.2, 0.25) is 0 Å². The molecule has 2 atom stereocenters. The molecule has 1 rings (SSSR count). The highest BCUT2D eigenvalue weighted by Gasteiger charge is 2.19. The van der Waals surface area contributed by atoms with E-state index in [2.05, 4.69) is 24.1 Å². The van der Waals surface area contributed by atoms with Crippen molar-refractivity contribution in [1.82, 2.24) is 10.2 Å². The van der Waals surface area contributed by atoms with Gasteiger partial charge < -0.3 is 15.2 Å². The second-order valence-electron chi connectivity index (χ2n) is 4.43. The lowest BCUT2D eigenvalue weighted by Crippen LogP contribution is -2.44. The molecule has 0 aromatic heterocycles. The molecule has 0 radical (unpaired) electrons. The van der Waals surface area contributed by atoms with E-state index in [-0.39, 0.29) is 12.6 Å². The molecule has 4 heteroatoms. The quantitative estimate of drug-likeness (QED) is 0.667. The zero-order chi connectivity index (χ0) is 11.8. The van der Waals surface area contributed by atoms with E-state index in [4.69, 9.17) is 4.74 Å². The van der Waals surface area contributed by atoms with E-state index in [1.165, 1.54) is 0 Å². The van der Waals surface area contributed by atoms with Crippen molar-refractivity contribution in [1.29, 1.82) is 0 Å². The highest BCUT2D eigenvalue weighted by molar-refractivity contribution is 4.73. The number of rotatable bonds is 7. The van der Waals surface area contributed by atoms with Crippen LogP contribution in [-0.4, -0.2) is 61.5 Å². The second kappa shape index (κ2) is 8.01. The maximum absolute atomic E-state index is 9.18. The summed E-state index contributed by atoms with van der Waals surface area (Å²) in [6.45, 7) is 9.37. The van der Waals surface area contributed by atoms with Crippen LogP contribution < -0.4 is 5.32 Å². The Labute approximate surface area is 99.0 Å². The molecule has 1 saturated heterocycles. The van der Waals surface area contributed by atoms with Crippen LogP contribution in [0.2, 0.25) is 0 Å². The second-order valence-corrected chi connectivity index (χ2v) is 4.43. The Morgan fingerprint density at radius 2 is 2.31 bits per heavy atom. The first-order valence-electron chi connectivity index (χ1n) is 6.48. The van der Waals surface area contributed by atoms with Crippen molar-refractivity contribution < 1.29 is 9.84 Å². The summed E-state index contributed by atoms with van der Waals surface area (Å²) >= 11 is 0. The van der Waals surface area contributed by atoms with Crippen molar-refractivity contribution >= 4 is 0 Å². The lowest BCUT2D eigenvalue weighted by Gasteiger charge is -2.33. The summed E-state index contributed by atoms with van der Waals surface area (Å²) in [5, 5.41) is 12.5. The zero-order valence-electron chi connectivity index (χ0n) is 10.6. The fraction of sp³-hybridized carbons (Fsp3) is 1.00. The summed E-state index contributed by atoms with van der Waals surface area (Å²) in [5.41, 5.74) is 0. The Bertz CT molecular complexity index is 178. The van der Waals surface area contributed by atoms with Gasteiger partial charge in [-0.3, -0.25) is 4.90 Å². The minimum atomic E-state index is 0.232.